The number of hydrogen-bond acceptors (Lipinski definition) is 8. The van der Waals surface area contributed by atoms with Crippen molar-refractivity contribution in [1.82, 2.24) is 20.2 Å². The van der Waals surface area contributed by atoms with Crippen molar-refractivity contribution in [2.75, 3.05) is 67.3 Å². The smallest absolute Gasteiger partial charge is 0.327 e. The molecule has 1 fully saturated rings. The summed E-state index contributed by atoms with van der Waals surface area (Å²) in [4.78, 5) is 40.6. The first-order valence-electron chi connectivity index (χ1n) is 14.8. The summed E-state index contributed by atoms with van der Waals surface area (Å²) in [6.45, 7) is 7.84. The van der Waals surface area contributed by atoms with Crippen LogP contribution >= 0.6 is 0 Å². The van der Waals surface area contributed by atoms with E-state index in [4.69, 9.17) is 4.74 Å². The zero-order valence-corrected chi connectivity index (χ0v) is 25.6. The van der Waals surface area contributed by atoms with Crippen molar-refractivity contribution in [2.45, 2.75) is 6.42 Å². The average Bonchev–Trinajstić information content (AvgIpc) is 3.06. The number of carbonyl (C=O) groups is 2. The molecule has 11 nitrogen and oxygen atoms in total. The molecule has 3 amide bonds. The molecular weight excluding hydrogens is 568 g/mol. The number of ether oxygens (including phenoxy) is 1. The van der Waals surface area contributed by atoms with Gasteiger partial charge in [0.05, 0.1) is 18.5 Å². The normalized spacial score (nSPS) is 13.1. The fourth-order valence-corrected chi connectivity index (χ4v) is 5.03. The molecule has 1 saturated heterocycles. The molecule has 11 heteroatoms. The van der Waals surface area contributed by atoms with E-state index in [9.17, 15) is 9.59 Å². The summed E-state index contributed by atoms with van der Waals surface area (Å²) >= 11 is 0. The Morgan fingerprint density at radius 1 is 0.978 bits per heavy atom. The lowest BCUT2D eigenvalue weighted by Gasteiger charge is -2.34. The molecule has 0 bridgehead atoms. The van der Waals surface area contributed by atoms with Crippen LogP contribution in [0.25, 0.3) is 0 Å². The average molecular weight is 607 g/mol. The number of hydrogen-bond donors (Lipinski definition) is 3. The van der Waals surface area contributed by atoms with Crippen LogP contribution in [0, 0.1) is 0 Å². The highest BCUT2D eigenvalue weighted by molar-refractivity contribution is 6.01. The van der Waals surface area contributed by atoms with E-state index in [1.807, 2.05) is 42.5 Å². The number of aromatic nitrogens is 2. The van der Waals surface area contributed by atoms with Crippen LogP contribution < -0.4 is 30.5 Å². The van der Waals surface area contributed by atoms with Crippen LogP contribution in [0.1, 0.15) is 5.56 Å². The van der Waals surface area contributed by atoms with Crippen molar-refractivity contribution in [3.8, 4) is 5.75 Å². The Kier molecular flexibility index (Phi) is 10.2. The van der Waals surface area contributed by atoms with Gasteiger partial charge in [-0.2, -0.15) is 0 Å². The molecule has 1 aliphatic heterocycles. The number of nitrogens with zero attached hydrogens (tertiary/aromatic N) is 5. The molecule has 5 rings (SSSR count). The summed E-state index contributed by atoms with van der Waals surface area (Å²) in [5.74, 6) is 1.13. The molecule has 0 unspecified atom stereocenters. The quantitative estimate of drug-likeness (QED) is 0.200. The number of carbonyl (C=O) groups excluding carboxylic acids is 2. The molecule has 0 saturated carbocycles. The van der Waals surface area contributed by atoms with Crippen LogP contribution in [0.4, 0.5) is 39.2 Å². The highest BCUT2D eigenvalue weighted by Gasteiger charge is 2.21. The molecule has 45 heavy (non-hydrogen) atoms. The summed E-state index contributed by atoms with van der Waals surface area (Å²) in [6.07, 6.45) is 3.25. The topological polar surface area (TPSA) is 115 Å². The molecule has 3 N–H and O–H groups in total. The van der Waals surface area contributed by atoms with Crippen molar-refractivity contribution >= 4 is 46.3 Å². The van der Waals surface area contributed by atoms with Gasteiger partial charge in [0.2, 0.25) is 5.91 Å². The molecule has 1 aromatic heterocycles. The van der Waals surface area contributed by atoms with E-state index >= 15 is 0 Å². The summed E-state index contributed by atoms with van der Waals surface area (Å²) in [5.41, 5.74) is 3.95. The number of methoxy groups -OCH3 is 1. The number of likely N-dealkylation sites (N-methyl/N-ethyl adjacent to an activating group) is 1. The minimum absolute atomic E-state index is 0.338. The maximum absolute atomic E-state index is 13.7. The monoisotopic (exact) mass is 606 g/mol. The van der Waals surface area contributed by atoms with E-state index in [0.29, 0.717) is 41.7 Å². The first-order chi connectivity index (χ1) is 21.9. The number of urea groups is 1. The molecule has 0 atom stereocenters. The Bertz CT molecular complexity index is 1620. The molecule has 3 aromatic carbocycles. The number of amides is 3. The number of rotatable bonds is 11. The van der Waals surface area contributed by atoms with Crippen molar-refractivity contribution in [3.05, 3.63) is 103 Å². The van der Waals surface area contributed by atoms with E-state index in [-0.39, 0.29) is 11.9 Å². The number of anilines is 6. The second kappa shape index (κ2) is 14.8. The first-order valence-corrected chi connectivity index (χ1v) is 14.8. The van der Waals surface area contributed by atoms with E-state index in [1.165, 1.54) is 17.3 Å². The maximum atomic E-state index is 13.7. The summed E-state index contributed by atoms with van der Waals surface area (Å²) < 4.78 is 5.73. The van der Waals surface area contributed by atoms with Gasteiger partial charge in [0.1, 0.15) is 23.7 Å². The lowest BCUT2D eigenvalue weighted by Crippen LogP contribution is -2.44. The summed E-state index contributed by atoms with van der Waals surface area (Å²) in [6, 6.07) is 24.3. The molecule has 1 aliphatic rings. The lowest BCUT2D eigenvalue weighted by atomic mass is 10.1. The van der Waals surface area contributed by atoms with Crippen LogP contribution in [0.15, 0.2) is 97.8 Å². The molecule has 2 heterocycles. The minimum Gasteiger partial charge on any atom is -0.494 e. The summed E-state index contributed by atoms with van der Waals surface area (Å²) in [7, 11) is 3.77. The van der Waals surface area contributed by atoms with Gasteiger partial charge in [0.25, 0.3) is 0 Å². The van der Waals surface area contributed by atoms with E-state index in [1.54, 1.807) is 37.4 Å². The summed E-state index contributed by atoms with van der Waals surface area (Å²) in [5, 5.41) is 9.08. The van der Waals surface area contributed by atoms with Crippen LogP contribution in [0.3, 0.4) is 0 Å². The fourth-order valence-electron chi connectivity index (χ4n) is 5.03. The Hall–Kier alpha value is -5.42. The lowest BCUT2D eigenvalue weighted by molar-refractivity contribution is -0.111. The largest absolute Gasteiger partial charge is 0.494 e. The van der Waals surface area contributed by atoms with Crippen LogP contribution in [-0.2, 0) is 11.2 Å². The third-order valence-electron chi connectivity index (χ3n) is 7.49. The standard InChI is InChI=1S/C34H38N8O3/c1-4-33(43)38-26-11-8-12-28(21-26)42(34(44)35-16-15-25-9-6-5-7-10-25)32-23-31(36-24-37-32)39-29-14-13-27(22-30(29)45-3)41-19-17-40(2)18-20-41/h4-14,21-24H,1,15-20H2,2-3H3,(H,35,44)(H,38,43)(H,36,37,39). The number of nitrogens with one attached hydrogen (secondary N) is 3. The van der Waals surface area contributed by atoms with Gasteiger partial charge in [-0.05, 0) is 55.4 Å². The predicted octanol–water partition coefficient (Wildman–Crippen LogP) is 5.20. The maximum Gasteiger partial charge on any atom is 0.327 e. The van der Waals surface area contributed by atoms with Crippen molar-refractivity contribution in [3.63, 3.8) is 0 Å². The zero-order chi connectivity index (χ0) is 31.6. The number of benzene rings is 3. The second-order valence-corrected chi connectivity index (χ2v) is 10.6. The Balaban J connectivity index is 1.39. The van der Waals surface area contributed by atoms with Gasteiger partial charge in [0.15, 0.2) is 0 Å². The second-order valence-electron chi connectivity index (χ2n) is 10.6. The van der Waals surface area contributed by atoms with Crippen molar-refractivity contribution in [2.24, 2.45) is 0 Å². The highest BCUT2D eigenvalue weighted by atomic mass is 16.5. The third kappa shape index (κ3) is 8.15. The zero-order valence-electron chi connectivity index (χ0n) is 25.6. The minimum atomic E-state index is -0.378. The fraction of sp³-hybridized carbons (Fsp3) is 0.235. The molecule has 232 valence electrons. The Morgan fingerprint density at radius 3 is 2.53 bits per heavy atom. The van der Waals surface area contributed by atoms with E-state index in [0.717, 1.165) is 43.1 Å². The van der Waals surface area contributed by atoms with Gasteiger partial charge in [-0.1, -0.05) is 43.0 Å². The predicted molar refractivity (Wildman–Crippen MR) is 179 cm³/mol. The Labute approximate surface area is 263 Å². The van der Waals surface area contributed by atoms with Crippen molar-refractivity contribution in [1.29, 1.82) is 0 Å². The van der Waals surface area contributed by atoms with Gasteiger partial charge >= 0.3 is 6.03 Å². The molecule has 0 aliphatic carbocycles. The van der Waals surface area contributed by atoms with Crippen LogP contribution in [-0.4, -0.2) is 73.7 Å². The SMILES string of the molecule is C=CC(=O)Nc1cccc(N(C(=O)NCCc2ccccc2)c2cc(Nc3ccc(N4CCN(C)CC4)cc3OC)ncn2)c1. The van der Waals surface area contributed by atoms with Crippen LogP contribution in [0.5, 0.6) is 5.75 Å². The molecule has 4 aromatic rings. The molecular formula is C34H38N8O3. The molecule has 0 spiro atoms. The third-order valence-corrected chi connectivity index (χ3v) is 7.49. The highest BCUT2D eigenvalue weighted by Crippen LogP contribution is 2.33. The van der Waals surface area contributed by atoms with Gasteiger partial charge in [-0.3, -0.25) is 4.79 Å². The van der Waals surface area contributed by atoms with Gasteiger partial charge < -0.3 is 30.5 Å². The van der Waals surface area contributed by atoms with Crippen LogP contribution in [0.2, 0.25) is 0 Å². The van der Waals surface area contributed by atoms with Crippen molar-refractivity contribution < 1.29 is 14.3 Å². The first kappa shape index (κ1) is 31.0. The van der Waals surface area contributed by atoms with E-state index in [2.05, 4.69) is 55.4 Å². The van der Waals surface area contributed by atoms with Gasteiger partial charge in [0, 0.05) is 56.2 Å². The molecule has 0 radical (unpaired) electrons. The van der Waals surface area contributed by atoms with E-state index < -0.39 is 0 Å². The van der Waals surface area contributed by atoms with Gasteiger partial charge in [-0.25, -0.2) is 19.7 Å². The van der Waals surface area contributed by atoms with Gasteiger partial charge in [-0.15, -0.1) is 0 Å². The number of piperazine rings is 1. The Morgan fingerprint density at radius 2 is 1.78 bits per heavy atom.